The highest BCUT2D eigenvalue weighted by Crippen LogP contribution is 2.24. The van der Waals surface area contributed by atoms with Crippen molar-refractivity contribution in [3.63, 3.8) is 0 Å². The van der Waals surface area contributed by atoms with Crippen LogP contribution in [-0.4, -0.2) is 24.2 Å². The molecule has 0 saturated heterocycles. The second kappa shape index (κ2) is 4.57. The SMILES string of the molecule is COc1ccc(CC(F)(F)C(C)O)cc1. The number of hydrogen-bond donors (Lipinski definition) is 1. The van der Waals surface area contributed by atoms with Crippen LogP contribution in [0.3, 0.4) is 0 Å². The zero-order valence-corrected chi connectivity index (χ0v) is 8.71. The lowest BCUT2D eigenvalue weighted by atomic mass is 10.0. The second-order valence-corrected chi connectivity index (χ2v) is 3.46. The number of benzene rings is 1. The van der Waals surface area contributed by atoms with E-state index in [2.05, 4.69) is 0 Å². The standard InChI is InChI=1S/C11H14F2O2/c1-8(14)11(12,13)7-9-3-5-10(15-2)6-4-9/h3-6,8,14H,7H2,1-2H3. The highest BCUT2D eigenvalue weighted by atomic mass is 19.3. The molecule has 1 rings (SSSR count). The summed E-state index contributed by atoms with van der Waals surface area (Å²) in [6.45, 7) is 1.09. The Kier molecular flexibility index (Phi) is 3.63. The molecule has 0 aliphatic heterocycles. The van der Waals surface area contributed by atoms with E-state index in [0.29, 0.717) is 11.3 Å². The zero-order chi connectivity index (χ0) is 11.5. The summed E-state index contributed by atoms with van der Waals surface area (Å²) in [6, 6.07) is 6.37. The molecule has 0 aromatic heterocycles. The number of halogens is 2. The molecule has 15 heavy (non-hydrogen) atoms. The molecule has 0 amide bonds. The molecular weight excluding hydrogens is 202 g/mol. The van der Waals surface area contributed by atoms with Gasteiger partial charge < -0.3 is 9.84 Å². The fraction of sp³-hybridized carbons (Fsp3) is 0.455. The maximum Gasteiger partial charge on any atom is 0.277 e. The van der Waals surface area contributed by atoms with Crippen molar-refractivity contribution in [1.82, 2.24) is 0 Å². The van der Waals surface area contributed by atoms with Gasteiger partial charge in [0.1, 0.15) is 11.9 Å². The first kappa shape index (κ1) is 11.9. The Morgan fingerprint density at radius 1 is 1.33 bits per heavy atom. The fourth-order valence-corrected chi connectivity index (χ4v) is 1.16. The minimum absolute atomic E-state index is 0.464. The molecule has 2 nitrogen and oxygen atoms in total. The normalized spacial score (nSPS) is 13.7. The van der Waals surface area contributed by atoms with Gasteiger partial charge >= 0.3 is 0 Å². The summed E-state index contributed by atoms with van der Waals surface area (Å²) in [5, 5.41) is 8.87. The van der Waals surface area contributed by atoms with E-state index in [1.54, 1.807) is 24.3 Å². The molecule has 0 bridgehead atoms. The van der Waals surface area contributed by atoms with Crippen molar-refractivity contribution in [3.8, 4) is 5.75 Å². The van der Waals surface area contributed by atoms with Crippen molar-refractivity contribution < 1.29 is 18.6 Å². The molecule has 0 aliphatic rings. The Hall–Kier alpha value is -1.16. The predicted molar refractivity (Wildman–Crippen MR) is 53.3 cm³/mol. The zero-order valence-electron chi connectivity index (χ0n) is 8.71. The van der Waals surface area contributed by atoms with E-state index >= 15 is 0 Å². The van der Waals surface area contributed by atoms with Crippen molar-refractivity contribution in [2.75, 3.05) is 7.11 Å². The van der Waals surface area contributed by atoms with Gasteiger partial charge in [-0.2, -0.15) is 0 Å². The first-order valence-electron chi connectivity index (χ1n) is 4.64. The van der Waals surface area contributed by atoms with Crippen molar-refractivity contribution >= 4 is 0 Å². The van der Waals surface area contributed by atoms with Crippen LogP contribution >= 0.6 is 0 Å². The van der Waals surface area contributed by atoms with E-state index in [9.17, 15) is 8.78 Å². The van der Waals surface area contributed by atoms with Gasteiger partial charge in [-0.1, -0.05) is 12.1 Å². The first-order chi connectivity index (χ1) is 6.95. The third-order valence-corrected chi connectivity index (χ3v) is 2.21. The van der Waals surface area contributed by atoms with E-state index in [4.69, 9.17) is 9.84 Å². The van der Waals surface area contributed by atoms with Gasteiger partial charge in [-0.05, 0) is 24.6 Å². The summed E-state index contributed by atoms with van der Waals surface area (Å²) in [4.78, 5) is 0. The Bertz CT molecular complexity index is 307. The average molecular weight is 216 g/mol. The summed E-state index contributed by atoms with van der Waals surface area (Å²) in [7, 11) is 1.51. The van der Waals surface area contributed by atoms with E-state index in [0.717, 1.165) is 6.92 Å². The van der Waals surface area contributed by atoms with E-state index in [1.165, 1.54) is 7.11 Å². The Balaban J connectivity index is 2.73. The Labute approximate surface area is 87.5 Å². The van der Waals surface area contributed by atoms with Gasteiger partial charge in [0.15, 0.2) is 0 Å². The van der Waals surface area contributed by atoms with Gasteiger partial charge in [-0.3, -0.25) is 0 Å². The molecule has 84 valence electrons. The average Bonchev–Trinajstić information content (AvgIpc) is 2.18. The molecule has 1 atom stereocenters. The van der Waals surface area contributed by atoms with E-state index in [1.807, 2.05) is 0 Å². The van der Waals surface area contributed by atoms with Crippen LogP contribution in [0.25, 0.3) is 0 Å². The molecule has 1 N–H and O–H groups in total. The van der Waals surface area contributed by atoms with Gasteiger partial charge in [-0.15, -0.1) is 0 Å². The number of methoxy groups -OCH3 is 1. The molecule has 1 unspecified atom stereocenters. The van der Waals surface area contributed by atoms with Crippen molar-refractivity contribution in [1.29, 1.82) is 0 Å². The highest BCUT2D eigenvalue weighted by Gasteiger charge is 2.35. The minimum atomic E-state index is -3.09. The number of hydrogen-bond acceptors (Lipinski definition) is 2. The molecular formula is C11H14F2O2. The maximum absolute atomic E-state index is 13.1. The van der Waals surface area contributed by atoms with Crippen LogP contribution in [0.15, 0.2) is 24.3 Å². The van der Waals surface area contributed by atoms with Crippen LogP contribution in [-0.2, 0) is 6.42 Å². The Morgan fingerprint density at radius 2 is 1.87 bits per heavy atom. The molecule has 0 saturated carbocycles. The molecule has 4 heteroatoms. The number of alkyl halides is 2. The quantitative estimate of drug-likeness (QED) is 0.836. The third-order valence-electron chi connectivity index (χ3n) is 2.21. The van der Waals surface area contributed by atoms with E-state index in [-0.39, 0.29) is 0 Å². The molecule has 0 fully saturated rings. The van der Waals surface area contributed by atoms with Crippen molar-refractivity contribution in [2.24, 2.45) is 0 Å². The summed E-state index contributed by atoms with van der Waals surface area (Å²) in [5.74, 6) is -2.46. The predicted octanol–water partition coefficient (Wildman–Crippen LogP) is 2.25. The molecule has 1 aromatic carbocycles. The van der Waals surface area contributed by atoms with Gasteiger partial charge in [0.05, 0.1) is 7.11 Å². The topological polar surface area (TPSA) is 29.5 Å². The van der Waals surface area contributed by atoms with Crippen molar-refractivity contribution in [2.45, 2.75) is 25.4 Å². The number of rotatable bonds is 4. The van der Waals surface area contributed by atoms with Crippen LogP contribution in [0.1, 0.15) is 12.5 Å². The molecule has 0 radical (unpaired) electrons. The third kappa shape index (κ3) is 3.16. The van der Waals surface area contributed by atoms with Crippen LogP contribution < -0.4 is 4.74 Å². The monoisotopic (exact) mass is 216 g/mol. The van der Waals surface area contributed by atoms with Crippen LogP contribution in [0.4, 0.5) is 8.78 Å². The number of ether oxygens (including phenoxy) is 1. The lowest BCUT2D eigenvalue weighted by Gasteiger charge is -2.19. The molecule has 0 aliphatic carbocycles. The number of aliphatic hydroxyl groups is 1. The van der Waals surface area contributed by atoms with Gasteiger partial charge in [0.25, 0.3) is 5.92 Å². The summed E-state index contributed by atoms with van der Waals surface area (Å²) in [5.41, 5.74) is 0.474. The number of aliphatic hydroxyl groups excluding tert-OH is 1. The van der Waals surface area contributed by atoms with Gasteiger partial charge in [0, 0.05) is 6.42 Å². The highest BCUT2D eigenvalue weighted by molar-refractivity contribution is 5.27. The smallest absolute Gasteiger partial charge is 0.277 e. The van der Waals surface area contributed by atoms with E-state index < -0.39 is 18.4 Å². The lowest BCUT2D eigenvalue weighted by molar-refractivity contribution is -0.0982. The van der Waals surface area contributed by atoms with Gasteiger partial charge in [0.2, 0.25) is 0 Å². The molecule has 0 spiro atoms. The largest absolute Gasteiger partial charge is 0.497 e. The second-order valence-electron chi connectivity index (χ2n) is 3.46. The molecule has 0 heterocycles. The summed E-state index contributed by atoms with van der Waals surface area (Å²) < 4.78 is 31.2. The first-order valence-corrected chi connectivity index (χ1v) is 4.64. The minimum Gasteiger partial charge on any atom is -0.497 e. The van der Waals surface area contributed by atoms with Crippen molar-refractivity contribution in [3.05, 3.63) is 29.8 Å². The fourth-order valence-electron chi connectivity index (χ4n) is 1.16. The van der Waals surface area contributed by atoms with Gasteiger partial charge in [-0.25, -0.2) is 8.78 Å². The lowest BCUT2D eigenvalue weighted by Crippen LogP contribution is -2.33. The maximum atomic E-state index is 13.1. The van der Waals surface area contributed by atoms with Crippen LogP contribution in [0, 0.1) is 0 Å². The van der Waals surface area contributed by atoms with Crippen LogP contribution in [0.2, 0.25) is 0 Å². The van der Waals surface area contributed by atoms with Crippen LogP contribution in [0.5, 0.6) is 5.75 Å². The Morgan fingerprint density at radius 3 is 2.27 bits per heavy atom. The summed E-state index contributed by atoms with van der Waals surface area (Å²) >= 11 is 0. The molecule has 1 aromatic rings. The summed E-state index contributed by atoms with van der Waals surface area (Å²) in [6.07, 6.45) is -2.10.